The molecule has 1 rings (SSSR count). The molecular weight excluding hydrogens is 252 g/mol. The number of aromatic nitrogens is 1. The van der Waals surface area contributed by atoms with Crippen LogP contribution in [0.3, 0.4) is 0 Å². The molecule has 4 nitrogen and oxygen atoms in total. The molecule has 0 saturated carbocycles. The molecular formula is C16H26N2O2. The van der Waals surface area contributed by atoms with Crippen LogP contribution >= 0.6 is 0 Å². The van der Waals surface area contributed by atoms with Crippen LogP contribution < -0.4 is 5.32 Å². The minimum Gasteiger partial charge on any atom is -0.444 e. The summed E-state index contributed by atoms with van der Waals surface area (Å²) in [4.78, 5) is 15.9. The van der Waals surface area contributed by atoms with Crippen LogP contribution in [-0.4, -0.2) is 23.2 Å². The molecule has 0 saturated heterocycles. The summed E-state index contributed by atoms with van der Waals surface area (Å²) in [6, 6.07) is 4.04. The van der Waals surface area contributed by atoms with Gasteiger partial charge in [-0.1, -0.05) is 13.8 Å². The maximum Gasteiger partial charge on any atom is 0.407 e. The highest BCUT2D eigenvalue weighted by Gasteiger charge is 2.29. The average molecular weight is 278 g/mol. The molecule has 0 aliphatic rings. The van der Waals surface area contributed by atoms with E-state index < -0.39 is 5.60 Å². The largest absolute Gasteiger partial charge is 0.444 e. The lowest BCUT2D eigenvalue weighted by molar-refractivity contribution is 0.0512. The second kappa shape index (κ2) is 6.73. The number of carbonyl (C=O) groups is 1. The SMILES string of the molecule is CCC(CC)(CNC(=O)OC(C)(C)C)c1ccncc1. The van der Waals surface area contributed by atoms with Gasteiger partial charge in [-0.3, -0.25) is 4.98 Å². The van der Waals surface area contributed by atoms with Crippen LogP contribution in [0.5, 0.6) is 0 Å². The van der Waals surface area contributed by atoms with Gasteiger partial charge in [-0.15, -0.1) is 0 Å². The summed E-state index contributed by atoms with van der Waals surface area (Å²) in [7, 11) is 0. The van der Waals surface area contributed by atoms with E-state index in [4.69, 9.17) is 4.74 Å². The van der Waals surface area contributed by atoms with Crippen molar-refractivity contribution in [2.75, 3.05) is 6.54 Å². The van der Waals surface area contributed by atoms with E-state index in [1.54, 1.807) is 12.4 Å². The Bertz CT molecular complexity index is 420. The molecule has 20 heavy (non-hydrogen) atoms. The molecule has 1 aromatic heterocycles. The highest BCUT2D eigenvalue weighted by molar-refractivity contribution is 5.67. The summed E-state index contributed by atoms with van der Waals surface area (Å²) >= 11 is 0. The van der Waals surface area contributed by atoms with Crippen LogP contribution in [0, 0.1) is 0 Å². The lowest BCUT2D eigenvalue weighted by Gasteiger charge is -2.33. The quantitative estimate of drug-likeness (QED) is 0.894. The van der Waals surface area contributed by atoms with Gasteiger partial charge in [-0.05, 0) is 51.3 Å². The van der Waals surface area contributed by atoms with Crippen molar-refractivity contribution in [3.8, 4) is 0 Å². The van der Waals surface area contributed by atoms with Gasteiger partial charge in [0.25, 0.3) is 0 Å². The van der Waals surface area contributed by atoms with E-state index in [1.165, 1.54) is 5.56 Å². The molecule has 1 heterocycles. The molecule has 0 fully saturated rings. The molecule has 1 N–H and O–H groups in total. The lowest BCUT2D eigenvalue weighted by atomic mass is 9.76. The van der Waals surface area contributed by atoms with Crippen LogP contribution in [0.15, 0.2) is 24.5 Å². The van der Waals surface area contributed by atoms with Gasteiger partial charge in [-0.2, -0.15) is 0 Å². The Hall–Kier alpha value is -1.58. The van der Waals surface area contributed by atoms with E-state index in [2.05, 4.69) is 24.1 Å². The predicted molar refractivity (Wildman–Crippen MR) is 80.7 cm³/mol. The van der Waals surface area contributed by atoms with Crippen LogP contribution in [0.2, 0.25) is 0 Å². The molecule has 0 unspecified atom stereocenters. The number of amides is 1. The summed E-state index contributed by atoms with van der Waals surface area (Å²) in [5, 5.41) is 2.90. The number of nitrogens with zero attached hydrogens (tertiary/aromatic N) is 1. The fourth-order valence-corrected chi connectivity index (χ4v) is 2.27. The van der Waals surface area contributed by atoms with Gasteiger partial charge >= 0.3 is 6.09 Å². The Kier molecular flexibility index (Phi) is 5.54. The molecule has 0 radical (unpaired) electrons. The first-order valence-electron chi connectivity index (χ1n) is 7.20. The van der Waals surface area contributed by atoms with Crippen molar-refractivity contribution in [3.05, 3.63) is 30.1 Å². The second-order valence-corrected chi connectivity index (χ2v) is 6.08. The van der Waals surface area contributed by atoms with E-state index in [9.17, 15) is 4.79 Å². The van der Waals surface area contributed by atoms with Crippen molar-refractivity contribution in [2.45, 2.75) is 58.5 Å². The molecule has 1 amide bonds. The third-order valence-electron chi connectivity index (χ3n) is 3.62. The van der Waals surface area contributed by atoms with Gasteiger partial charge in [0.2, 0.25) is 0 Å². The van der Waals surface area contributed by atoms with Crippen molar-refractivity contribution in [3.63, 3.8) is 0 Å². The zero-order valence-electron chi connectivity index (χ0n) is 13.2. The number of hydrogen-bond acceptors (Lipinski definition) is 3. The van der Waals surface area contributed by atoms with Crippen molar-refractivity contribution in [1.82, 2.24) is 10.3 Å². The monoisotopic (exact) mass is 278 g/mol. The number of carbonyl (C=O) groups excluding carboxylic acids is 1. The molecule has 0 spiro atoms. The van der Waals surface area contributed by atoms with Gasteiger partial charge in [0.05, 0.1) is 0 Å². The fourth-order valence-electron chi connectivity index (χ4n) is 2.27. The van der Waals surface area contributed by atoms with Crippen molar-refractivity contribution < 1.29 is 9.53 Å². The number of rotatable bonds is 5. The zero-order valence-corrected chi connectivity index (χ0v) is 13.2. The number of alkyl carbamates (subject to hydrolysis) is 1. The van der Waals surface area contributed by atoms with E-state index >= 15 is 0 Å². The molecule has 0 aliphatic heterocycles. The highest BCUT2D eigenvalue weighted by Crippen LogP contribution is 2.30. The molecule has 0 bridgehead atoms. The van der Waals surface area contributed by atoms with Gasteiger partial charge in [-0.25, -0.2) is 4.79 Å². The number of ether oxygens (including phenoxy) is 1. The summed E-state index contributed by atoms with van der Waals surface area (Å²) in [5.74, 6) is 0. The zero-order chi connectivity index (χ0) is 15.2. The first kappa shape index (κ1) is 16.5. The Morgan fingerprint density at radius 1 is 1.20 bits per heavy atom. The summed E-state index contributed by atoms with van der Waals surface area (Å²) < 4.78 is 5.30. The number of hydrogen-bond donors (Lipinski definition) is 1. The third kappa shape index (κ3) is 4.51. The highest BCUT2D eigenvalue weighted by atomic mass is 16.6. The summed E-state index contributed by atoms with van der Waals surface area (Å²) in [5.41, 5.74) is 0.662. The van der Waals surface area contributed by atoms with E-state index in [1.807, 2.05) is 32.9 Å². The van der Waals surface area contributed by atoms with E-state index in [0.29, 0.717) is 6.54 Å². The average Bonchev–Trinajstić information content (AvgIpc) is 2.40. The normalized spacial score (nSPS) is 12.1. The summed E-state index contributed by atoms with van der Waals surface area (Å²) in [6.07, 6.45) is 5.12. The maximum atomic E-state index is 11.8. The topological polar surface area (TPSA) is 51.2 Å². The van der Waals surface area contributed by atoms with Gasteiger partial charge in [0.1, 0.15) is 5.60 Å². The molecule has 1 aromatic rings. The van der Waals surface area contributed by atoms with Crippen molar-refractivity contribution in [2.24, 2.45) is 0 Å². The standard InChI is InChI=1S/C16H26N2O2/c1-6-16(7-2,13-8-10-17-11-9-13)12-18-14(19)20-15(3,4)5/h8-11H,6-7,12H2,1-5H3,(H,18,19). The Morgan fingerprint density at radius 3 is 2.20 bits per heavy atom. The summed E-state index contributed by atoms with van der Waals surface area (Å²) in [6.45, 7) is 10.4. The van der Waals surface area contributed by atoms with Crippen molar-refractivity contribution in [1.29, 1.82) is 0 Å². The van der Waals surface area contributed by atoms with Crippen LogP contribution in [0.25, 0.3) is 0 Å². The molecule has 0 aromatic carbocycles. The minimum atomic E-state index is -0.470. The third-order valence-corrected chi connectivity index (χ3v) is 3.62. The molecule has 112 valence electrons. The molecule has 0 aliphatic carbocycles. The van der Waals surface area contributed by atoms with Crippen LogP contribution in [-0.2, 0) is 10.2 Å². The van der Waals surface area contributed by atoms with Crippen LogP contribution in [0.1, 0.15) is 53.0 Å². The second-order valence-electron chi connectivity index (χ2n) is 6.08. The first-order valence-corrected chi connectivity index (χ1v) is 7.20. The Labute approximate surface area is 121 Å². The Balaban J connectivity index is 2.76. The van der Waals surface area contributed by atoms with Crippen LogP contribution in [0.4, 0.5) is 4.79 Å². The fraction of sp³-hybridized carbons (Fsp3) is 0.625. The smallest absolute Gasteiger partial charge is 0.407 e. The number of pyridine rings is 1. The molecule has 0 atom stereocenters. The lowest BCUT2D eigenvalue weighted by Crippen LogP contribution is -2.42. The Morgan fingerprint density at radius 2 is 1.75 bits per heavy atom. The minimum absolute atomic E-state index is 0.0696. The van der Waals surface area contributed by atoms with Crippen molar-refractivity contribution >= 4 is 6.09 Å². The number of nitrogens with one attached hydrogen (secondary N) is 1. The first-order chi connectivity index (χ1) is 9.33. The van der Waals surface area contributed by atoms with E-state index in [-0.39, 0.29) is 11.5 Å². The predicted octanol–water partition coefficient (Wildman–Crippen LogP) is 3.66. The molecule has 4 heteroatoms. The van der Waals surface area contributed by atoms with Gasteiger partial charge in [0, 0.05) is 24.4 Å². The van der Waals surface area contributed by atoms with Gasteiger partial charge < -0.3 is 10.1 Å². The maximum absolute atomic E-state index is 11.8. The van der Waals surface area contributed by atoms with Gasteiger partial charge in [0.15, 0.2) is 0 Å². The van der Waals surface area contributed by atoms with E-state index in [0.717, 1.165) is 12.8 Å².